The molecule has 0 aliphatic rings. The second-order valence-electron chi connectivity index (χ2n) is 3.94. The number of thioether (sulfide) groups is 1. The molecule has 1 rings (SSSR count). The highest BCUT2D eigenvalue weighted by Gasteiger charge is 2.13. The normalized spacial score (nSPS) is 14.6. The van der Waals surface area contributed by atoms with Crippen LogP contribution in [0.1, 0.15) is 31.9 Å². The van der Waals surface area contributed by atoms with E-state index >= 15 is 0 Å². The minimum Gasteiger partial charge on any atom is -0.271 e. The Labute approximate surface area is 105 Å². The van der Waals surface area contributed by atoms with Crippen molar-refractivity contribution in [2.45, 2.75) is 31.6 Å². The van der Waals surface area contributed by atoms with Gasteiger partial charge in [0.15, 0.2) is 11.6 Å². The standard InChI is InChI=1S/C12H18F2N2S/c1-3-8(2)17-7-12(16-15)9-4-5-10(13)11(14)6-9/h4-6,8,12,16H,3,7,15H2,1-2H3. The zero-order chi connectivity index (χ0) is 12.8. The number of hydrogen-bond donors (Lipinski definition) is 2. The predicted octanol–water partition coefficient (Wildman–Crippen LogP) is 3.00. The number of rotatable bonds is 6. The Morgan fingerprint density at radius 2 is 2.06 bits per heavy atom. The molecule has 3 N–H and O–H groups in total. The molecule has 5 heteroatoms. The average Bonchev–Trinajstić information content (AvgIpc) is 2.33. The molecule has 0 amide bonds. The largest absolute Gasteiger partial charge is 0.271 e. The van der Waals surface area contributed by atoms with Gasteiger partial charge in [-0.05, 0) is 24.1 Å². The lowest BCUT2D eigenvalue weighted by Gasteiger charge is -2.18. The summed E-state index contributed by atoms with van der Waals surface area (Å²) in [5, 5.41) is 0.524. The quantitative estimate of drug-likeness (QED) is 0.610. The van der Waals surface area contributed by atoms with E-state index in [1.54, 1.807) is 17.8 Å². The Morgan fingerprint density at radius 1 is 1.35 bits per heavy atom. The molecule has 0 spiro atoms. The first-order valence-electron chi connectivity index (χ1n) is 5.61. The smallest absolute Gasteiger partial charge is 0.159 e. The van der Waals surface area contributed by atoms with Gasteiger partial charge in [-0.25, -0.2) is 8.78 Å². The molecule has 1 aromatic carbocycles. The Bertz CT molecular complexity index is 360. The van der Waals surface area contributed by atoms with Crippen molar-refractivity contribution < 1.29 is 8.78 Å². The van der Waals surface area contributed by atoms with Gasteiger partial charge in [-0.1, -0.05) is 19.9 Å². The average molecular weight is 260 g/mol. The summed E-state index contributed by atoms with van der Waals surface area (Å²) in [6, 6.07) is 3.71. The summed E-state index contributed by atoms with van der Waals surface area (Å²) in [7, 11) is 0. The molecule has 0 fully saturated rings. The van der Waals surface area contributed by atoms with Crippen LogP contribution < -0.4 is 11.3 Å². The fourth-order valence-corrected chi connectivity index (χ4v) is 2.39. The van der Waals surface area contributed by atoms with Crippen LogP contribution >= 0.6 is 11.8 Å². The van der Waals surface area contributed by atoms with E-state index in [9.17, 15) is 8.78 Å². The highest BCUT2D eigenvalue weighted by molar-refractivity contribution is 7.99. The first-order chi connectivity index (χ1) is 8.08. The van der Waals surface area contributed by atoms with Crippen molar-refractivity contribution >= 4 is 11.8 Å². The fourth-order valence-electron chi connectivity index (χ4n) is 1.35. The monoisotopic (exact) mass is 260 g/mol. The number of benzene rings is 1. The number of nitrogens with two attached hydrogens (primary N) is 1. The van der Waals surface area contributed by atoms with Crippen LogP contribution in [0.4, 0.5) is 8.78 Å². The Kier molecular flexibility index (Phi) is 5.88. The van der Waals surface area contributed by atoms with Crippen LogP contribution in [0.2, 0.25) is 0 Å². The van der Waals surface area contributed by atoms with Gasteiger partial charge in [0.2, 0.25) is 0 Å². The maximum absolute atomic E-state index is 13.1. The van der Waals surface area contributed by atoms with Gasteiger partial charge in [0.1, 0.15) is 0 Å². The van der Waals surface area contributed by atoms with E-state index in [-0.39, 0.29) is 6.04 Å². The summed E-state index contributed by atoms with van der Waals surface area (Å²) in [5.41, 5.74) is 3.30. The molecular weight excluding hydrogens is 242 g/mol. The van der Waals surface area contributed by atoms with Crippen molar-refractivity contribution in [2.75, 3.05) is 5.75 Å². The Hall–Kier alpha value is -0.650. The second kappa shape index (κ2) is 6.93. The van der Waals surface area contributed by atoms with Crippen LogP contribution in [0.15, 0.2) is 18.2 Å². The zero-order valence-corrected chi connectivity index (χ0v) is 10.9. The molecule has 0 aromatic heterocycles. The van der Waals surface area contributed by atoms with E-state index in [1.807, 2.05) is 0 Å². The van der Waals surface area contributed by atoms with Crippen LogP contribution in [0, 0.1) is 11.6 Å². The zero-order valence-electron chi connectivity index (χ0n) is 10.0. The van der Waals surface area contributed by atoms with E-state index in [1.165, 1.54) is 6.07 Å². The molecule has 0 radical (unpaired) electrons. The molecule has 2 unspecified atom stereocenters. The summed E-state index contributed by atoms with van der Waals surface area (Å²) >= 11 is 1.76. The van der Waals surface area contributed by atoms with Gasteiger partial charge >= 0.3 is 0 Å². The van der Waals surface area contributed by atoms with E-state index < -0.39 is 11.6 Å². The second-order valence-corrected chi connectivity index (χ2v) is 5.42. The summed E-state index contributed by atoms with van der Waals surface area (Å²) in [4.78, 5) is 0. The third-order valence-corrected chi connectivity index (χ3v) is 4.10. The maximum atomic E-state index is 13.1. The molecule has 0 aliphatic heterocycles. The van der Waals surface area contributed by atoms with Gasteiger partial charge in [0, 0.05) is 11.0 Å². The molecule has 96 valence electrons. The van der Waals surface area contributed by atoms with Crippen LogP contribution in [-0.4, -0.2) is 11.0 Å². The van der Waals surface area contributed by atoms with E-state index in [0.717, 1.165) is 18.2 Å². The summed E-state index contributed by atoms with van der Waals surface area (Å²) in [5.74, 6) is 4.50. The number of hydrogen-bond acceptors (Lipinski definition) is 3. The van der Waals surface area contributed by atoms with E-state index in [0.29, 0.717) is 10.8 Å². The topological polar surface area (TPSA) is 38.0 Å². The molecule has 17 heavy (non-hydrogen) atoms. The van der Waals surface area contributed by atoms with Crippen LogP contribution in [0.25, 0.3) is 0 Å². The molecule has 0 heterocycles. The molecule has 0 bridgehead atoms. The molecule has 0 aliphatic carbocycles. The Morgan fingerprint density at radius 3 is 2.59 bits per heavy atom. The fraction of sp³-hybridized carbons (Fsp3) is 0.500. The highest BCUT2D eigenvalue weighted by atomic mass is 32.2. The minimum absolute atomic E-state index is 0.163. The third-order valence-electron chi connectivity index (χ3n) is 2.67. The number of hydrazine groups is 1. The first kappa shape index (κ1) is 14.4. The van der Waals surface area contributed by atoms with Crippen molar-refractivity contribution in [3.05, 3.63) is 35.4 Å². The van der Waals surface area contributed by atoms with Gasteiger partial charge in [-0.3, -0.25) is 11.3 Å². The lowest BCUT2D eigenvalue weighted by Crippen LogP contribution is -2.30. The van der Waals surface area contributed by atoms with E-state index in [2.05, 4.69) is 19.3 Å². The molecule has 0 saturated carbocycles. The van der Waals surface area contributed by atoms with Crippen molar-refractivity contribution in [3.8, 4) is 0 Å². The summed E-state index contributed by atoms with van der Waals surface area (Å²) in [6.45, 7) is 4.24. The highest BCUT2D eigenvalue weighted by Crippen LogP contribution is 2.23. The number of nitrogens with one attached hydrogen (secondary N) is 1. The maximum Gasteiger partial charge on any atom is 0.159 e. The minimum atomic E-state index is -0.837. The SMILES string of the molecule is CCC(C)SCC(NN)c1ccc(F)c(F)c1. The molecular formula is C12H18F2N2S. The molecule has 1 aromatic rings. The van der Waals surface area contributed by atoms with Crippen molar-refractivity contribution in [1.29, 1.82) is 0 Å². The summed E-state index contributed by atoms with van der Waals surface area (Å²) < 4.78 is 25.9. The van der Waals surface area contributed by atoms with Crippen molar-refractivity contribution in [3.63, 3.8) is 0 Å². The van der Waals surface area contributed by atoms with Crippen molar-refractivity contribution in [2.24, 2.45) is 5.84 Å². The van der Waals surface area contributed by atoms with Gasteiger partial charge in [-0.15, -0.1) is 0 Å². The van der Waals surface area contributed by atoms with Crippen LogP contribution in [0.3, 0.4) is 0 Å². The van der Waals surface area contributed by atoms with Gasteiger partial charge < -0.3 is 0 Å². The summed E-state index contributed by atoms with van der Waals surface area (Å²) in [6.07, 6.45) is 1.07. The van der Waals surface area contributed by atoms with Crippen molar-refractivity contribution in [1.82, 2.24) is 5.43 Å². The molecule has 0 saturated heterocycles. The third kappa shape index (κ3) is 4.26. The van der Waals surface area contributed by atoms with Crippen LogP contribution in [-0.2, 0) is 0 Å². The van der Waals surface area contributed by atoms with Crippen LogP contribution in [0.5, 0.6) is 0 Å². The van der Waals surface area contributed by atoms with Gasteiger partial charge in [0.25, 0.3) is 0 Å². The van der Waals surface area contributed by atoms with Gasteiger partial charge in [0.05, 0.1) is 6.04 Å². The first-order valence-corrected chi connectivity index (χ1v) is 6.66. The lowest BCUT2D eigenvalue weighted by atomic mass is 10.1. The predicted molar refractivity (Wildman–Crippen MR) is 68.6 cm³/mol. The lowest BCUT2D eigenvalue weighted by molar-refractivity contribution is 0.502. The van der Waals surface area contributed by atoms with E-state index in [4.69, 9.17) is 5.84 Å². The van der Waals surface area contributed by atoms with Gasteiger partial charge in [-0.2, -0.15) is 11.8 Å². The molecule has 2 nitrogen and oxygen atoms in total. The Balaban J connectivity index is 2.69. The number of halogens is 2. The molecule has 2 atom stereocenters.